The van der Waals surface area contributed by atoms with Crippen molar-refractivity contribution >= 4 is 44.9 Å². The maximum Gasteiger partial charge on any atom is 0.293 e. The number of nitrogens with zero attached hydrogens (tertiary/aromatic N) is 2. The van der Waals surface area contributed by atoms with Crippen molar-refractivity contribution < 1.29 is 19.1 Å². The molecule has 0 saturated carbocycles. The normalized spacial score (nSPS) is 14.8. The minimum atomic E-state index is -0.308. The molecular formula is C25H21BrN2O4S. The molecule has 1 fully saturated rings. The van der Waals surface area contributed by atoms with Gasteiger partial charge in [-0.1, -0.05) is 35.9 Å². The van der Waals surface area contributed by atoms with Gasteiger partial charge < -0.3 is 9.47 Å². The third kappa shape index (κ3) is 5.46. The number of rotatable bonds is 7. The summed E-state index contributed by atoms with van der Waals surface area (Å²) in [6.07, 6.45) is 3.40. The van der Waals surface area contributed by atoms with E-state index >= 15 is 0 Å². The molecule has 0 radical (unpaired) electrons. The number of pyridine rings is 1. The topological polar surface area (TPSA) is 68.7 Å². The molecule has 0 bridgehead atoms. The Morgan fingerprint density at radius 3 is 2.70 bits per heavy atom. The third-order valence-electron chi connectivity index (χ3n) is 4.94. The fraction of sp³-hybridized carbons (Fsp3) is 0.160. The van der Waals surface area contributed by atoms with Gasteiger partial charge >= 0.3 is 0 Å². The summed E-state index contributed by atoms with van der Waals surface area (Å²) in [7, 11) is 1.55. The number of methoxy groups -OCH3 is 1. The van der Waals surface area contributed by atoms with E-state index in [1.54, 1.807) is 25.4 Å². The maximum atomic E-state index is 12.9. The fourth-order valence-corrected chi connectivity index (χ4v) is 4.79. The summed E-state index contributed by atoms with van der Waals surface area (Å²) < 4.78 is 12.1. The number of halogens is 1. The van der Waals surface area contributed by atoms with Crippen molar-refractivity contribution in [2.75, 3.05) is 7.11 Å². The SMILES string of the molecule is COc1cc(/C=C2/SC(=O)N(Cc3cccc(C)c3)C2=O)cc(Br)c1OCc1ccccn1. The van der Waals surface area contributed by atoms with E-state index < -0.39 is 0 Å². The number of aromatic nitrogens is 1. The molecule has 0 N–H and O–H groups in total. The van der Waals surface area contributed by atoms with Crippen LogP contribution >= 0.6 is 27.7 Å². The number of hydrogen-bond donors (Lipinski definition) is 0. The average molecular weight is 525 g/mol. The number of carbonyl (C=O) groups excluding carboxylic acids is 2. The Hall–Kier alpha value is -3.10. The molecule has 33 heavy (non-hydrogen) atoms. The lowest BCUT2D eigenvalue weighted by Crippen LogP contribution is -2.27. The number of carbonyl (C=O) groups is 2. The summed E-state index contributed by atoms with van der Waals surface area (Å²) in [5, 5.41) is -0.283. The van der Waals surface area contributed by atoms with E-state index in [2.05, 4.69) is 20.9 Å². The molecule has 3 aromatic rings. The molecule has 0 spiro atoms. The number of aryl methyl sites for hydroxylation is 1. The Bertz CT molecular complexity index is 1230. The Labute approximate surface area is 204 Å². The number of hydrogen-bond acceptors (Lipinski definition) is 6. The van der Waals surface area contributed by atoms with Gasteiger partial charge in [0.25, 0.3) is 11.1 Å². The Balaban J connectivity index is 1.54. The van der Waals surface area contributed by atoms with Crippen LogP contribution in [0.4, 0.5) is 4.79 Å². The van der Waals surface area contributed by atoms with E-state index in [9.17, 15) is 9.59 Å². The van der Waals surface area contributed by atoms with Crippen LogP contribution in [-0.4, -0.2) is 28.1 Å². The predicted octanol–water partition coefficient (Wildman–Crippen LogP) is 5.98. The molecule has 0 atom stereocenters. The second kappa shape index (κ2) is 10.2. The second-order valence-corrected chi connectivity index (χ2v) is 9.25. The molecule has 1 aliphatic rings. The first-order valence-corrected chi connectivity index (χ1v) is 11.8. The highest BCUT2D eigenvalue weighted by atomic mass is 79.9. The van der Waals surface area contributed by atoms with Gasteiger partial charge in [0.1, 0.15) is 6.61 Å². The summed E-state index contributed by atoms with van der Waals surface area (Å²) in [6, 6.07) is 17.0. The van der Waals surface area contributed by atoms with Crippen molar-refractivity contribution in [2.45, 2.75) is 20.1 Å². The fourth-order valence-electron chi connectivity index (χ4n) is 3.37. The molecule has 2 heterocycles. The zero-order valence-corrected chi connectivity index (χ0v) is 20.5. The number of imide groups is 1. The summed E-state index contributed by atoms with van der Waals surface area (Å²) in [6.45, 7) is 2.51. The van der Waals surface area contributed by atoms with Crippen LogP contribution in [0.5, 0.6) is 11.5 Å². The lowest BCUT2D eigenvalue weighted by Gasteiger charge is -2.14. The quantitative estimate of drug-likeness (QED) is 0.354. The van der Waals surface area contributed by atoms with Crippen LogP contribution in [0.25, 0.3) is 6.08 Å². The van der Waals surface area contributed by atoms with Crippen molar-refractivity contribution in [1.82, 2.24) is 9.88 Å². The van der Waals surface area contributed by atoms with Gasteiger partial charge in [-0.15, -0.1) is 0 Å². The zero-order chi connectivity index (χ0) is 23.4. The first-order valence-electron chi connectivity index (χ1n) is 10.2. The molecule has 1 aromatic heterocycles. The molecule has 6 nitrogen and oxygen atoms in total. The van der Waals surface area contributed by atoms with Crippen molar-refractivity contribution in [2.24, 2.45) is 0 Å². The molecule has 0 aliphatic carbocycles. The molecule has 8 heteroatoms. The first kappa shape index (κ1) is 23.1. The first-order chi connectivity index (χ1) is 15.9. The summed E-state index contributed by atoms with van der Waals surface area (Å²) in [5.41, 5.74) is 3.50. The van der Waals surface area contributed by atoms with Crippen LogP contribution < -0.4 is 9.47 Å². The highest BCUT2D eigenvalue weighted by molar-refractivity contribution is 9.10. The largest absolute Gasteiger partial charge is 0.493 e. The minimum Gasteiger partial charge on any atom is -0.493 e. The average Bonchev–Trinajstić information content (AvgIpc) is 3.06. The molecule has 0 unspecified atom stereocenters. The van der Waals surface area contributed by atoms with Crippen molar-refractivity contribution in [1.29, 1.82) is 0 Å². The summed E-state index contributed by atoms with van der Waals surface area (Å²) in [4.78, 5) is 31.3. The van der Waals surface area contributed by atoms with Crippen LogP contribution in [0.15, 0.2) is 70.2 Å². The molecule has 1 aliphatic heterocycles. The molecule has 2 aromatic carbocycles. The van der Waals surface area contributed by atoms with Gasteiger partial charge in [0.2, 0.25) is 0 Å². The van der Waals surface area contributed by atoms with E-state index in [4.69, 9.17) is 9.47 Å². The smallest absolute Gasteiger partial charge is 0.293 e. The predicted molar refractivity (Wildman–Crippen MR) is 132 cm³/mol. The van der Waals surface area contributed by atoms with Gasteiger partial charge in [-0.3, -0.25) is 19.5 Å². The van der Waals surface area contributed by atoms with Gasteiger partial charge in [0.15, 0.2) is 11.5 Å². The van der Waals surface area contributed by atoms with E-state index in [0.29, 0.717) is 26.4 Å². The molecular weight excluding hydrogens is 504 g/mol. The molecule has 2 amide bonds. The number of amides is 2. The lowest BCUT2D eigenvalue weighted by atomic mass is 10.1. The molecule has 1 saturated heterocycles. The molecule has 168 valence electrons. The summed E-state index contributed by atoms with van der Waals surface area (Å²) in [5.74, 6) is 0.732. The highest BCUT2D eigenvalue weighted by Crippen LogP contribution is 2.39. The number of benzene rings is 2. The van der Waals surface area contributed by atoms with Crippen molar-refractivity contribution in [3.8, 4) is 11.5 Å². The lowest BCUT2D eigenvalue weighted by molar-refractivity contribution is -0.123. The van der Waals surface area contributed by atoms with E-state index in [0.717, 1.165) is 28.6 Å². The Kier molecular flexibility index (Phi) is 7.15. The van der Waals surface area contributed by atoms with Crippen LogP contribution in [0.3, 0.4) is 0 Å². The standard InChI is InChI=1S/C25H21BrN2O4S/c1-16-6-5-7-17(10-16)14-28-24(29)22(33-25(28)30)13-18-11-20(26)23(21(12-18)31-2)32-15-19-8-3-4-9-27-19/h3-13H,14-15H2,1-2H3/b22-13+. The van der Waals surface area contributed by atoms with Gasteiger partial charge in [-0.05, 0) is 76.1 Å². The summed E-state index contributed by atoms with van der Waals surface area (Å²) >= 11 is 4.46. The minimum absolute atomic E-state index is 0.247. The van der Waals surface area contributed by atoms with Gasteiger partial charge in [-0.25, -0.2) is 0 Å². The zero-order valence-electron chi connectivity index (χ0n) is 18.1. The van der Waals surface area contributed by atoms with Gasteiger partial charge in [-0.2, -0.15) is 0 Å². The number of thioether (sulfide) groups is 1. The van der Waals surface area contributed by atoms with E-state index in [-0.39, 0.29) is 24.3 Å². The van der Waals surface area contributed by atoms with Crippen LogP contribution in [0, 0.1) is 6.92 Å². The van der Waals surface area contributed by atoms with E-state index in [1.807, 2.05) is 55.5 Å². The monoisotopic (exact) mass is 524 g/mol. The van der Waals surface area contributed by atoms with Crippen molar-refractivity contribution in [3.63, 3.8) is 0 Å². The Morgan fingerprint density at radius 1 is 1.12 bits per heavy atom. The molecule has 4 rings (SSSR count). The van der Waals surface area contributed by atoms with Crippen LogP contribution in [0.1, 0.15) is 22.4 Å². The third-order valence-corrected chi connectivity index (χ3v) is 6.43. The number of ether oxygens (including phenoxy) is 2. The second-order valence-electron chi connectivity index (χ2n) is 7.40. The van der Waals surface area contributed by atoms with Crippen molar-refractivity contribution in [3.05, 3.63) is 92.6 Å². The van der Waals surface area contributed by atoms with Gasteiger partial charge in [0.05, 0.1) is 28.7 Å². The Morgan fingerprint density at radius 2 is 1.97 bits per heavy atom. The van der Waals surface area contributed by atoms with Crippen LogP contribution in [0.2, 0.25) is 0 Å². The van der Waals surface area contributed by atoms with Crippen LogP contribution in [-0.2, 0) is 17.9 Å². The van der Waals surface area contributed by atoms with Gasteiger partial charge in [0, 0.05) is 6.20 Å². The highest BCUT2D eigenvalue weighted by Gasteiger charge is 2.35. The maximum absolute atomic E-state index is 12.9. The van der Waals surface area contributed by atoms with E-state index in [1.165, 1.54) is 4.90 Å².